The Kier molecular flexibility index (Phi) is 6.58. The van der Waals surface area contributed by atoms with Crippen molar-refractivity contribution in [2.24, 2.45) is 0 Å². The summed E-state index contributed by atoms with van der Waals surface area (Å²) in [7, 11) is 0. The molecular formula is C17H19FN2O4S. The Labute approximate surface area is 148 Å². The summed E-state index contributed by atoms with van der Waals surface area (Å²) in [5.41, 5.74) is 2.30. The van der Waals surface area contributed by atoms with Gasteiger partial charge in [0.05, 0.1) is 23.9 Å². The molecule has 2 N–H and O–H groups in total. The molecule has 1 unspecified atom stereocenters. The molecule has 134 valence electrons. The molecule has 0 aliphatic rings. The van der Waals surface area contributed by atoms with Gasteiger partial charge in [0.2, 0.25) is 5.91 Å². The second kappa shape index (κ2) is 8.66. The first-order chi connectivity index (χ1) is 11.9. The van der Waals surface area contributed by atoms with Crippen LogP contribution in [0.25, 0.3) is 0 Å². The predicted molar refractivity (Wildman–Crippen MR) is 91.7 cm³/mol. The van der Waals surface area contributed by atoms with Crippen LogP contribution in [0.4, 0.5) is 4.39 Å². The number of aromatic nitrogens is 1. The maximum Gasteiger partial charge on any atom is 0.305 e. The largest absolute Gasteiger partial charge is 0.481 e. The molecular weight excluding hydrogens is 347 g/mol. The number of hydrogen-bond acceptors (Lipinski definition) is 5. The van der Waals surface area contributed by atoms with Crippen LogP contribution < -0.4 is 5.32 Å². The van der Waals surface area contributed by atoms with Crippen molar-refractivity contribution in [3.63, 3.8) is 0 Å². The molecule has 8 heteroatoms. The van der Waals surface area contributed by atoms with Gasteiger partial charge in [-0.2, -0.15) is 0 Å². The summed E-state index contributed by atoms with van der Waals surface area (Å²) in [6.45, 7) is 3.65. The Bertz CT molecular complexity index is 726. The van der Waals surface area contributed by atoms with Crippen LogP contribution in [0.2, 0.25) is 0 Å². The van der Waals surface area contributed by atoms with Crippen LogP contribution in [-0.4, -0.2) is 27.9 Å². The molecule has 25 heavy (non-hydrogen) atoms. The Hall–Kier alpha value is -2.35. The third-order valence-electron chi connectivity index (χ3n) is 3.65. The highest BCUT2D eigenvalue weighted by atomic mass is 32.2. The van der Waals surface area contributed by atoms with E-state index in [0.717, 1.165) is 17.0 Å². The number of carboxylic acids is 1. The number of carbonyl (C=O) groups is 2. The first-order valence-electron chi connectivity index (χ1n) is 7.63. The lowest BCUT2D eigenvalue weighted by Gasteiger charge is -2.17. The number of thioether (sulfide) groups is 1. The normalized spacial score (nSPS) is 12.0. The Morgan fingerprint density at radius 1 is 1.32 bits per heavy atom. The van der Waals surface area contributed by atoms with E-state index >= 15 is 0 Å². The van der Waals surface area contributed by atoms with Gasteiger partial charge in [0.25, 0.3) is 0 Å². The van der Waals surface area contributed by atoms with Gasteiger partial charge >= 0.3 is 5.97 Å². The number of rotatable bonds is 8. The van der Waals surface area contributed by atoms with Gasteiger partial charge in [0, 0.05) is 11.3 Å². The molecule has 0 aliphatic heterocycles. The molecule has 0 spiro atoms. The van der Waals surface area contributed by atoms with E-state index in [-0.39, 0.29) is 18.1 Å². The van der Waals surface area contributed by atoms with Gasteiger partial charge in [-0.05, 0) is 31.5 Å². The third kappa shape index (κ3) is 5.60. The van der Waals surface area contributed by atoms with Crippen molar-refractivity contribution in [3.8, 4) is 0 Å². The van der Waals surface area contributed by atoms with Crippen molar-refractivity contribution in [1.82, 2.24) is 10.5 Å². The van der Waals surface area contributed by atoms with E-state index < -0.39 is 17.8 Å². The number of hydrogen-bond donors (Lipinski definition) is 2. The van der Waals surface area contributed by atoms with E-state index in [1.807, 2.05) is 13.8 Å². The molecule has 1 heterocycles. The van der Waals surface area contributed by atoms with Gasteiger partial charge in [0.15, 0.2) is 0 Å². The average molecular weight is 366 g/mol. The number of nitrogens with zero attached hydrogens (tertiary/aromatic N) is 1. The third-order valence-corrected chi connectivity index (χ3v) is 4.61. The van der Waals surface area contributed by atoms with E-state index in [4.69, 9.17) is 9.63 Å². The van der Waals surface area contributed by atoms with Crippen molar-refractivity contribution >= 4 is 23.6 Å². The van der Waals surface area contributed by atoms with E-state index in [9.17, 15) is 14.0 Å². The molecule has 0 fully saturated rings. The maximum atomic E-state index is 13.0. The minimum absolute atomic E-state index is 0.168. The fraction of sp³-hybridized carbons (Fsp3) is 0.353. The fourth-order valence-electron chi connectivity index (χ4n) is 2.31. The van der Waals surface area contributed by atoms with Crippen molar-refractivity contribution in [2.45, 2.75) is 32.1 Å². The van der Waals surface area contributed by atoms with E-state index in [1.54, 1.807) is 0 Å². The van der Waals surface area contributed by atoms with Gasteiger partial charge in [0.1, 0.15) is 11.6 Å². The highest BCUT2D eigenvalue weighted by Gasteiger charge is 2.18. The molecule has 2 rings (SSSR count). The number of aliphatic carboxylic acids is 1. The zero-order valence-electron chi connectivity index (χ0n) is 13.9. The van der Waals surface area contributed by atoms with Crippen LogP contribution in [0.3, 0.4) is 0 Å². The van der Waals surface area contributed by atoms with Crippen LogP contribution >= 0.6 is 11.8 Å². The molecule has 2 aromatic rings. The molecule has 1 amide bonds. The van der Waals surface area contributed by atoms with Crippen LogP contribution in [0.5, 0.6) is 0 Å². The summed E-state index contributed by atoms with van der Waals surface area (Å²) < 4.78 is 18.1. The summed E-state index contributed by atoms with van der Waals surface area (Å²) in [6.07, 6.45) is -0.272. The zero-order valence-corrected chi connectivity index (χ0v) is 14.7. The van der Waals surface area contributed by atoms with Gasteiger partial charge in [-0.15, -0.1) is 11.8 Å². The first kappa shape index (κ1) is 19.0. The Morgan fingerprint density at radius 3 is 2.56 bits per heavy atom. The molecule has 0 aliphatic carbocycles. The quantitative estimate of drug-likeness (QED) is 0.746. The summed E-state index contributed by atoms with van der Waals surface area (Å²) in [6, 6.07) is 4.72. The summed E-state index contributed by atoms with van der Waals surface area (Å²) >= 11 is 1.39. The summed E-state index contributed by atoms with van der Waals surface area (Å²) in [5.74, 6) is -0.277. The summed E-state index contributed by atoms with van der Waals surface area (Å²) in [4.78, 5) is 23.2. The lowest BCUT2D eigenvalue weighted by Crippen LogP contribution is -2.31. The van der Waals surface area contributed by atoms with Gasteiger partial charge in [-0.25, -0.2) is 4.39 Å². The van der Waals surface area contributed by atoms with Crippen LogP contribution in [-0.2, 0) is 15.3 Å². The predicted octanol–water partition coefficient (Wildman–Crippen LogP) is 3.00. The SMILES string of the molecule is Cc1noc(C)c1CSCC(=O)NC(CC(=O)O)c1ccc(F)cc1. The smallest absolute Gasteiger partial charge is 0.305 e. The molecule has 0 bridgehead atoms. The Morgan fingerprint density at radius 2 is 2.00 bits per heavy atom. The van der Waals surface area contributed by atoms with Gasteiger partial charge in [-0.3, -0.25) is 9.59 Å². The monoisotopic (exact) mass is 366 g/mol. The topological polar surface area (TPSA) is 92.4 Å². The number of amides is 1. The lowest BCUT2D eigenvalue weighted by atomic mass is 10.0. The molecule has 1 atom stereocenters. The average Bonchev–Trinajstić information content (AvgIpc) is 2.86. The highest BCUT2D eigenvalue weighted by molar-refractivity contribution is 7.99. The van der Waals surface area contributed by atoms with Crippen molar-refractivity contribution in [3.05, 3.63) is 52.7 Å². The van der Waals surface area contributed by atoms with Crippen molar-refractivity contribution in [1.29, 1.82) is 0 Å². The van der Waals surface area contributed by atoms with Crippen LogP contribution in [0.1, 0.15) is 35.0 Å². The van der Waals surface area contributed by atoms with Gasteiger partial charge in [-0.1, -0.05) is 17.3 Å². The Balaban J connectivity index is 1.92. The number of aryl methyl sites for hydroxylation is 2. The van der Waals surface area contributed by atoms with Crippen LogP contribution in [0, 0.1) is 19.7 Å². The van der Waals surface area contributed by atoms with E-state index in [2.05, 4.69) is 10.5 Å². The van der Waals surface area contributed by atoms with E-state index in [0.29, 0.717) is 11.3 Å². The molecule has 1 aromatic heterocycles. The molecule has 0 saturated heterocycles. The number of halogens is 1. The highest BCUT2D eigenvalue weighted by Crippen LogP contribution is 2.21. The standard InChI is InChI=1S/C17H19FN2O4S/c1-10-14(11(2)24-20-10)8-25-9-16(21)19-15(7-17(22)23)12-3-5-13(18)6-4-12/h3-6,15H,7-9H2,1-2H3,(H,19,21)(H,22,23). The number of carbonyl (C=O) groups excluding carboxylic acids is 1. The molecule has 1 aromatic carbocycles. The second-order valence-electron chi connectivity index (χ2n) is 5.57. The van der Waals surface area contributed by atoms with Gasteiger partial charge < -0.3 is 14.9 Å². The van der Waals surface area contributed by atoms with Crippen molar-refractivity contribution in [2.75, 3.05) is 5.75 Å². The minimum Gasteiger partial charge on any atom is -0.481 e. The maximum absolute atomic E-state index is 13.0. The van der Waals surface area contributed by atoms with E-state index in [1.165, 1.54) is 36.0 Å². The second-order valence-corrected chi connectivity index (χ2v) is 6.55. The number of carboxylic acid groups (broad SMARTS) is 1. The molecule has 6 nitrogen and oxygen atoms in total. The van der Waals surface area contributed by atoms with Crippen molar-refractivity contribution < 1.29 is 23.6 Å². The molecule has 0 radical (unpaired) electrons. The number of benzene rings is 1. The lowest BCUT2D eigenvalue weighted by molar-refractivity contribution is -0.137. The minimum atomic E-state index is -1.04. The summed E-state index contributed by atoms with van der Waals surface area (Å²) in [5, 5.41) is 15.6. The molecule has 0 saturated carbocycles. The van der Waals surface area contributed by atoms with Crippen LogP contribution in [0.15, 0.2) is 28.8 Å². The zero-order chi connectivity index (χ0) is 18.4. The number of nitrogens with one attached hydrogen (secondary N) is 1. The first-order valence-corrected chi connectivity index (χ1v) is 8.78. The fourth-order valence-corrected chi connectivity index (χ4v) is 3.30.